The van der Waals surface area contributed by atoms with Crippen LogP contribution in [0.25, 0.3) is 66.9 Å². The summed E-state index contributed by atoms with van der Waals surface area (Å²) in [6, 6.07) is 38.8. The zero-order valence-electron chi connectivity index (χ0n) is 18.7. The van der Waals surface area contributed by atoms with Crippen molar-refractivity contribution in [2.45, 2.75) is 0 Å². The normalized spacial score (nSPS) is 11.4. The number of hydrogen-bond donors (Lipinski definition) is 0. The summed E-state index contributed by atoms with van der Waals surface area (Å²) in [6.07, 6.45) is 0. The maximum absolute atomic E-state index is 5.95. The molecule has 0 saturated heterocycles. The largest absolute Gasteiger partial charge is 0.436 e. The van der Waals surface area contributed by atoms with Crippen molar-refractivity contribution in [2.24, 2.45) is 0 Å². The summed E-state index contributed by atoms with van der Waals surface area (Å²) in [5.41, 5.74) is 6.44. The Morgan fingerprint density at radius 3 is 2.03 bits per heavy atom. The lowest BCUT2D eigenvalue weighted by Crippen LogP contribution is -1.96. The highest BCUT2D eigenvalue weighted by Crippen LogP contribution is 2.33. The van der Waals surface area contributed by atoms with Gasteiger partial charge in [-0.2, -0.15) is 0 Å². The van der Waals surface area contributed by atoms with Crippen LogP contribution in [0.2, 0.25) is 0 Å². The molecule has 0 amide bonds. The minimum atomic E-state index is 0.613. The van der Waals surface area contributed by atoms with Gasteiger partial charge in [0.1, 0.15) is 5.52 Å². The second-order valence-electron chi connectivity index (χ2n) is 8.50. The monoisotopic (exact) mass is 449 g/mol. The number of oxazole rings is 1. The van der Waals surface area contributed by atoms with Gasteiger partial charge in [0.15, 0.2) is 11.4 Å². The van der Waals surface area contributed by atoms with Crippen LogP contribution in [-0.4, -0.2) is 15.0 Å². The quantitative estimate of drug-likeness (QED) is 0.275. The van der Waals surface area contributed by atoms with E-state index in [0.29, 0.717) is 5.89 Å². The molecule has 5 aromatic carbocycles. The molecular formula is C31H19N3O. The second-order valence-corrected chi connectivity index (χ2v) is 8.50. The van der Waals surface area contributed by atoms with Crippen LogP contribution < -0.4 is 0 Å². The number of aromatic nitrogens is 3. The molecule has 0 spiro atoms. The van der Waals surface area contributed by atoms with Crippen LogP contribution in [0.3, 0.4) is 0 Å². The molecule has 0 N–H and O–H groups in total. The molecule has 0 aliphatic carbocycles. The number of para-hydroxylation sites is 3. The molecule has 0 aliphatic rings. The third kappa shape index (κ3) is 3.35. The predicted molar refractivity (Wildman–Crippen MR) is 141 cm³/mol. The van der Waals surface area contributed by atoms with E-state index in [1.807, 2.05) is 54.6 Å². The molecule has 0 bridgehead atoms. The van der Waals surface area contributed by atoms with E-state index in [2.05, 4.69) is 65.6 Å². The van der Waals surface area contributed by atoms with Crippen LogP contribution >= 0.6 is 0 Å². The fourth-order valence-corrected chi connectivity index (χ4v) is 4.60. The SMILES string of the molecule is c1ccc2c(-c3nc(-c4ccc(-c5nc6ccccc6o5)cc4)c4ccccc4n3)cccc2c1. The molecule has 0 unspecified atom stereocenters. The van der Waals surface area contributed by atoms with Crippen molar-refractivity contribution in [3.63, 3.8) is 0 Å². The predicted octanol–water partition coefficient (Wildman–Crippen LogP) is 7.93. The number of rotatable bonds is 3. The zero-order chi connectivity index (χ0) is 23.2. The number of fused-ring (bicyclic) bond motifs is 3. The van der Waals surface area contributed by atoms with E-state index < -0.39 is 0 Å². The lowest BCUT2D eigenvalue weighted by Gasteiger charge is -2.11. The molecule has 0 saturated carbocycles. The first-order valence-corrected chi connectivity index (χ1v) is 11.5. The van der Waals surface area contributed by atoms with Gasteiger partial charge in [-0.05, 0) is 41.1 Å². The molecule has 2 heterocycles. The van der Waals surface area contributed by atoms with Crippen molar-refractivity contribution in [1.82, 2.24) is 15.0 Å². The Balaban J connectivity index is 1.38. The Morgan fingerprint density at radius 1 is 0.486 bits per heavy atom. The molecule has 4 nitrogen and oxygen atoms in total. The highest BCUT2D eigenvalue weighted by molar-refractivity contribution is 5.98. The van der Waals surface area contributed by atoms with E-state index in [1.54, 1.807) is 0 Å². The Hall–Kier alpha value is -4.83. The maximum atomic E-state index is 5.95. The van der Waals surface area contributed by atoms with Crippen molar-refractivity contribution in [2.75, 3.05) is 0 Å². The molecule has 164 valence electrons. The summed E-state index contributed by atoms with van der Waals surface area (Å²) in [5.74, 6) is 1.33. The van der Waals surface area contributed by atoms with Gasteiger partial charge in [0, 0.05) is 22.1 Å². The van der Waals surface area contributed by atoms with Crippen LogP contribution in [0, 0.1) is 0 Å². The highest BCUT2D eigenvalue weighted by Gasteiger charge is 2.14. The Labute approximate surface area is 201 Å². The van der Waals surface area contributed by atoms with Crippen LogP contribution in [0.5, 0.6) is 0 Å². The summed E-state index contributed by atoms with van der Waals surface area (Å²) < 4.78 is 5.95. The molecule has 4 heteroatoms. The second kappa shape index (κ2) is 7.89. The fraction of sp³-hybridized carbons (Fsp3) is 0. The van der Waals surface area contributed by atoms with Gasteiger partial charge in [-0.25, -0.2) is 15.0 Å². The first-order chi connectivity index (χ1) is 17.3. The lowest BCUT2D eigenvalue weighted by atomic mass is 10.0. The lowest BCUT2D eigenvalue weighted by molar-refractivity contribution is 0.620. The summed E-state index contributed by atoms with van der Waals surface area (Å²) in [6.45, 7) is 0. The topological polar surface area (TPSA) is 51.8 Å². The summed E-state index contributed by atoms with van der Waals surface area (Å²) in [7, 11) is 0. The summed E-state index contributed by atoms with van der Waals surface area (Å²) >= 11 is 0. The van der Waals surface area contributed by atoms with Crippen molar-refractivity contribution in [3.8, 4) is 34.1 Å². The first kappa shape index (κ1) is 19.6. The molecule has 7 aromatic rings. The molecule has 0 radical (unpaired) electrons. The van der Waals surface area contributed by atoms with Gasteiger partial charge in [-0.3, -0.25) is 0 Å². The molecule has 35 heavy (non-hydrogen) atoms. The summed E-state index contributed by atoms with van der Waals surface area (Å²) in [5, 5.41) is 3.33. The van der Waals surface area contributed by atoms with Gasteiger partial charge in [-0.15, -0.1) is 0 Å². The molecule has 7 rings (SSSR count). The van der Waals surface area contributed by atoms with Crippen molar-refractivity contribution in [1.29, 1.82) is 0 Å². The average molecular weight is 450 g/mol. The van der Waals surface area contributed by atoms with E-state index in [9.17, 15) is 0 Å². The highest BCUT2D eigenvalue weighted by atomic mass is 16.3. The van der Waals surface area contributed by atoms with Crippen LogP contribution in [0.4, 0.5) is 0 Å². The van der Waals surface area contributed by atoms with E-state index in [-0.39, 0.29) is 0 Å². The summed E-state index contributed by atoms with van der Waals surface area (Å²) in [4.78, 5) is 14.6. The Bertz CT molecular complexity index is 1810. The van der Waals surface area contributed by atoms with Crippen molar-refractivity contribution < 1.29 is 4.42 Å². The molecular weight excluding hydrogens is 430 g/mol. The van der Waals surface area contributed by atoms with Crippen molar-refractivity contribution in [3.05, 3.63) is 115 Å². The van der Waals surface area contributed by atoms with Crippen molar-refractivity contribution >= 4 is 32.8 Å². The van der Waals surface area contributed by atoms with Gasteiger partial charge in [0.25, 0.3) is 0 Å². The number of benzene rings is 5. The fourth-order valence-electron chi connectivity index (χ4n) is 4.60. The average Bonchev–Trinajstić information content (AvgIpc) is 3.37. The van der Waals surface area contributed by atoms with Crippen LogP contribution in [0.15, 0.2) is 120 Å². The third-order valence-electron chi connectivity index (χ3n) is 6.33. The first-order valence-electron chi connectivity index (χ1n) is 11.5. The number of hydrogen-bond acceptors (Lipinski definition) is 4. The third-order valence-corrected chi connectivity index (χ3v) is 6.33. The van der Waals surface area contributed by atoms with E-state index in [1.165, 1.54) is 5.39 Å². The van der Waals surface area contributed by atoms with Gasteiger partial charge >= 0.3 is 0 Å². The maximum Gasteiger partial charge on any atom is 0.227 e. The van der Waals surface area contributed by atoms with Gasteiger partial charge in [0.2, 0.25) is 5.89 Å². The van der Waals surface area contributed by atoms with E-state index in [4.69, 9.17) is 14.4 Å². The smallest absolute Gasteiger partial charge is 0.227 e. The van der Waals surface area contributed by atoms with Gasteiger partial charge < -0.3 is 4.42 Å². The van der Waals surface area contributed by atoms with E-state index >= 15 is 0 Å². The molecule has 2 aromatic heterocycles. The molecule has 0 atom stereocenters. The molecule has 0 fully saturated rings. The minimum absolute atomic E-state index is 0.613. The number of nitrogens with zero attached hydrogens (tertiary/aromatic N) is 3. The Kier molecular flexibility index (Phi) is 4.42. The van der Waals surface area contributed by atoms with Gasteiger partial charge in [-0.1, -0.05) is 84.9 Å². The zero-order valence-corrected chi connectivity index (χ0v) is 18.7. The van der Waals surface area contributed by atoms with E-state index in [0.717, 1.165) is 55.6 Å². The minimum Gasteiger partial charge on any atom is -0.436 e. The molecule has 0 aliphatic heterocycles. The van der Waals surface area contributed by atoms with Gasteiger partial charge in [0.05, 0.1) is 11.2 Å². The standard InChI is InChI=1S/C31H19N3O/c1-2-10-23-20(8-1)9-7-12-24(23)30-32-26-13-4-3-11-25(26)29(34-30)21-16-18-22(19-17-21)31-33-27-14-5-6-15-28(27)35-31/h1-19H. The van der Waals surface area contributed by atoms with Crippen LogP contribution in [-0.2, 0) is 0 Å². The van der Waals surface area contributed by atoms with Crippen LogP contribution in [0.1, 0.15) is 0 Å². The Morgan fingerprint density at radius 2 is 1.17 bits per heavy atom.